The normalized spacial score (nSPS) is 22.6. The highest BCUT2D eigenvalue weighted by atomic mass is 35.5. The van der Waals surface area contributed by atoms with Crippen LogP contribution < -0.4 is 5.32 Å². The number of likely N-dealkylation sites (N-methyl/N-ethyl adjacent to an activating group) is 1. The molecule has 0 bridgehead atoms. The lowest BCUT2D eigenvalue weighted by Crippen LogP contribution is -2.62. The fraction of sp³-hybridized carbons (Fsp3) is 0.464. The molecule has 1 aromatic heterocycles. The minimum atomic E-state index is -1.01. The van der Waals surface area contributed by atoms with Crippen LogP contribution in [0.1, 0.15) is 36.2 Å². The molecule has 3 atom stereocenters. The van der Waals surface area contributed by atoms with E-state index in [0.717, 1.165) is 5.69 Å². The number of nitrogens with one attached hydrogen (secondary N) is 1. The van der Waals surface area contributed by atoms with E-state index in [9.17, 15) is 18.8 Å². The number of rotatable bonds is 8. The molecule has 2 amide bonds. The third-order valence-corrected chi connectivity index (χ3v) is 8.98. The lowest BCUT2D eigenvalue weighted by atomic mass is 9.94. The number of amidine groups is 1. The second-order valence-electron chi connectivity index (χ2n) is 10.1. The van der Waals surface area contributed by atoms with Crippen LogP contribution in [0.5, 0.6) is 0 Å². The van der Waals surface area contributed by atoms with Gasteiger partial charge >= 0.3 is 18.0 Å². The Morgan fingerprint density at radius 2 is 2.05 bits per heavy atom. The average molecular weight is 619 g/mol. The van der Waals surface area contributed by atoms with Crippen molar-refractivity contribution in [1.82, 2.24) is 25.0 Å². The molecule has 11 nitrogen and oxygen atoms in total. The van der Waals surface area contributed by atoms with Crippen LogP contribution in [0.4, 0.5) is 9.18 Å². The summed E-state index contributed by atoms with van der Waals surface area (Å²) in [5, 5.41) is 5.56. The summed E-state index contributed by atoms with van der Waals surface area (Å²) in [5.74, 6) is -1.40. The van der Waals surface area contributed by atoms with Crippen LogP contribution in [0.15, 0.2) is 39.8 Å². The number of methoxy groups -OCH3 is 1. The van der Waals surface area contributed by atoms with Crippen molar-refractivity contribution in [2.45, 2.75) is 38.9 Å². The molecule has 0 saturated carbocycles. The van der Waals surface area contributed by atoms with Gasteiger partial charge in [-0.25, -0.2) is 19.0 Å². The smallest absolute Gasteiger partial charge is 0.338 e. The molecular formula is C28H32ClFN6O5S. The Bertz CT molecular complexity index is 1460. The van der Waals surface area contributed by atoms with Gasteiger partial charge in [-0.15, -0.1) is 11.3 Å². The lowest BCUT2D eigenvalue weighted by Gasteiger charge is -2.43. The number of amides is 2. The molecule has 2 fully saturated rings. The number of halogens is 2. The summed E-state index contributed by atoms with van der Waals surface area (Å²) in [6.45, 7) is 7.24. The Morgan fingerprint density at radius 1 is 1.26 bits per heavy atom. The van der Waals surface area contributed by atoms with E-state index in [4.69, 9.17) is 26.1 Å². The van der Waals surface area contributed by atoms with Crippen LogP contribution >= 0.6 is 22.9 Å². The molecular weight excluding hydrogens is 587 g/mol. The quantitative estimate of drug-likeness (QED) is 0.449. The van der Waals surface area contributed by atoms with Gasteiger partial charge in [0.1, 0.15) is 17.9 Å². The van der Waals surface area contributed by atoms with Gasteiger partial charge in [0.05, 0.1) is 30.4 Å². The molecule has 42 heavy (non-hydrogen) atoms. The average Bonchev–Trinajstić information content (AvgIpc) is 3.56. The van der Waals surface area contributed by atoms with E-state index in [0.29, 0.717) is 48.3 Å². The van der Waals surface area contributed by atoms with E-state index in [1.807, 2.05) is 24.1 Å². The molecule has 2 aromatic rings. The fourth-order valence-electron chi connectivity index (χ4n) is 5.65. The fourth-order valence-corrected chi connectivity index (χ4v) is 6.62. The molecule has 2 saturated heterocycles. The van der Waals surface area contributed by atoms with Crippen LogP contribution in [0.3, 0.4) is 0 Å². The Morgan fingerprint density at radius 3 is 2.71 bits per heavy atom. The number of benzene rings is 1. The van der Waals surface area contributed by atoms with Gasteiger partial charge in [0.25, 0.3) is 0 Å². The summed E-state index contributed by atoms with van der Waals surface area (Å²) in [6.07, 6.45) is 0. The van der Waals surface area contributed by atoms with Crippen LogP contribution in [0, 0.1) is 12.7 Å². The Balaban J connectivity index is 1.61. The monoisotopic (exact) mass is 618 g/mol. The minimum Gasteiger partial charge on any atom is -0.468 e. The molecule has 5 rings (SSSR count). The first-order valence-corrected chi connectivity index (χ1v) is 14.9. The van der Waals surface area contributed by atoms with Crippen LogP contribution in [0.2, 0.25) is 5.02 Å². The number of ether oxygens (including phenoxy) is 2. The van der Waals surface area contributed by atoms with E-state index in [2.05, 4.69) is 10.3 Å². The van der Waals surface area contributed by atoms with Crippen molar-refractivity contribution in [2.24, 2.45) is 4.99 Å². The second-order valence-corrected chi connectivity index (χ2v) is 11.3. The standard InChI is InChI=1S/C28H32ClFN6O5S/c1-5-34-13-19-23(27(38)40-4)35(10-11-36(19)28(34)39)12-18-20(26(37)41-6-2)22(16-8-7-9-17(30)21(16)29)33-24(32-18)25-31-15(3)14-42-25/h7-9,14,19,22-23H,5-6,10-13H2,1-4H3,(H,32,33)/t19-,22+,23+/m1/s1. The Labute approximate surface area is 251 Å². The number of nitrogens with zero attached hydrogens (tertiary/aromatic N) is 5. The van der Waals surface area contributed by atoms with Gasteiger partial charge in [-0.3, -0.25) is 14.7 Å². The molecule has 3 aliphatic rings. The number of thiazole rings is 1. The van der Waals surface area contributed by atoms with Crippen molar-refractivity contribution in [3.05, 3.63) is 62.0 Å². The third-order valence-electron chi connectivity index (χ3n) is 7.61. The molecule has 14 heteroatoms. The summed E-state index contributed by atoms with van der Waals surface area (Å²) in [5.41, 5.74) is 1.63. The molecule has 4 heterocycles. The maximum atomic E-state index is 14.7. The summed E-state index contributed by atoms with van der Waals surface area (Å²) in [6, 6.07) is 2.01. The van der Waals surface area contributed by atoms with Gasteiger partial charge in [0.15, 0.2) is 10.8 Å². The zero-order valence-corrected chi connectivity index (χ0v) is 25.3. The van der Waals surface area contributed by atoms with Gasteiger partial charge in [-0.2, -0.15) is 0 Å². The summed E-state index contributed by atoms with van der Waals surface area (Å²) < 4.78 is 25.3. The maximum absolute atomic E-state index is 14.7. The van der Waals surface area contributed by atoms with Crippen molar-refractivity contribution in [3.63, 3.8) is 0 Å². The molecule has 0 radical (unpaired) electrons. The predicted molar refractivity (Wildman–Crippen MR) is 155 cm³/mol. The first-order valence-electron chi connectivity index (χ1n) is 13.7. The van der Waals surface area contributed by atoms with Gasteiger partial charge in [0.2, 0.25) is 0 Å². The zero-order chi connectivity index (χ0) is 30.1. The van der Waals surface area contributed by atoms with Crippen molar-refractivity contribution in [3.8, 4) is 0 Å². The van der Waals surface area contributed by atoms with Gasteiger partial charge in [0, 0.05) is 55.1 Å². The molecule has 0 aliphatic carbocycles. The highest BCUT2D eigenvalue weighted by molar-refractivity contribution is 7.11. The summed E-state index contributed by atoms with van der Waals surface area (Å²) in [7, 11) is 1.31. The molecule has 0 unspecified atom stereocenters. The number of hydrogen-bond donors (Lipinski definition) is 1. The maximum Gasteiger partial charge on any atom is 0.338 e. The number of urea groups is 1. The number of fused-ring (bicyclic) bond motifs is 1. The zero-order valence-electron chi connectivity index (χ0n) is 23.7. The number of aromatic nitrogens is 1. The van der Waals surface area contributed by atoms with Gasteiger partial charge in [-0.1, -0.05) is 23.7 Å². The van der Waals surface area contributed by atoms with Gasteiger partial charge in [-0.05, 0) is 26.8 Å². The van der Waals surface area contributed by atoms with Crippen molar-refractivity contribution in [1.29, 1.82) is 0 Å². The molecule has 0 spiro atoms. The number of hydrogen-bond acceptors (Lipinski definition) is 10. The number of esters is 2. The first-order chi connectivity index (χ1) is 20.2. The third kappa shape index (κ3) is 5.48. The number of aliphatic imine (C=N–C) groups is 1. The largest absolute Gasteiger partial charge is 0.468 e. The topological polar surface area (TPSA) is 117 Å². The van der Waals surface area contributed by atoms with E-state index < -0.39 is 35.9 Å². The predicted octanol–water partition coefficient (Wildman–Crippen LogP) is 3.14. The highest BCUT2D eigenvalue weighted by Gasteiger charge is 2.50. The minimum absolute atomic E-state index is 0.0887. The van der Waals surface area contributed by atoms with Gasteiger partial charge < -0.3 is 24.6 Å². The number of piperazine rings is 1. The van der Waals surface area contributed by atoms with Crippen molar-refractivity contribution in [2.75, 3.05) is 46.4 Å². The Kier molecular flexibility index (Phi) is 8.81. The highest BCUT2D eigenvalue weighted by Crippen LogP contribution is 2.38. The van der Waals surface area contributed by atoms with E-state index in [1.165, 1.54) is 30.6 Å². The molecule has 3 aliphatic heterocycles. The number of carbonyl (C=O) groups is 3. The molecule has 224 valence electrons. The van der Waals surface area contributed by atoms with Crippen molar-refractivity contribution < 1.29 is 28.2 Å². The lowest BCUT2D eigenvalue weighted by molar-refractivity contribution is -0.150. The van der Waals surface area contributed by atoms with E-state index in [-0.39, 0.29) is 29.8 Å². The SMILES string of the molecule is CCOC(=O)C1=C(CN2CCN3C(=O)N(CC)C[C@@H]3[C@H]2C(=O)OC)NC(c2nc(C)cs2)=N[C@H]1c1cccc(F)c1Cl. The molecule has 1 aromatic carbocycles. The van der Waals surface area contributed by atoms with Crippen LogP contribution in [-0.4, -0.2) is 102 Å². The summed E-state index contributed by atoms with van der Waals surface area (Å²) in [4.78, 5) is 54.3. The van der Waals surface area contributed by atoms with Crippen molar-refractivity contribution >= 4 is 46.7 Å². The first kappa shape index (κ1) is 29.9. The van der Waals surface area contributed by atoms with Crippen LogP contribution in [-0.2, 0) is 19.1 Å². The molecule has 1 N–H and O–H groups in total. The van der Waals surface area contributed by atoms with E-state index >= 15 is 0 Å². The summed E-state index contributed by atoms with van der Waals surface area (Å²) >= 11 is 7.80. The van der Waals surface area contributed by atoms with Crippen LogP contribution in [0.25, 0.3) is 0 Å². The number of aryl methyl sites for hydroxylation is 1. The number of carbonyl (C=O) groups excluding carboxylic acids is 3. The van der Waals surface area contributed by atoms with E-state index in [1.54, 1.807) is 22.8 Å². The Hall–Kier alpha value is -3.55. The second kappa shape index (κ2) is 12.4.